The summed E-state index contributed by atoms with van der Waals surface area (Å²) in [5, 5.41) is 4.96. The molecule has 164 valence electrons. The molecule has 6 rings (SSSR count). The van der Waals surface area contributed by atoms with E-state index in [0.717, 1.165) is 22.8 Å². The Morgan fingerprint density at radius 3 is 2.21 bits per heavy atom. The molecule has 1 heterocycles. The van der Waals surface area contributed by atoms with Gasteiger partial charge in [0, 0.05) is 17.5 Å². The van der Waals surface area contributed by atoms with Crippen molar-refractivity contribution in [2.75, 3.05) is 5.32 Å². The van der Waals surface area contributed by atoms with Crippen molar-refractivity contribution in [1.29, 1.82) is 0 Å². The van der Waals surface area contributed by atoms with E-state index in [1.807, 2.05) is 72.8 Å². The molecule has 5 heteroatoms. The fraction of sp³-hybridized carbons (Fsp3) is 0.250. The van der Waals surface area contributed by atoms with Crippen LogP contribution < -0.4 is 5.32 Å². The molecule has 5 atom stereocenters. The molecule has 0 spiro atoms. The molecule has 0 radical (unpaired) electrons. The van der Waals surface area contributed by atoms with Crippen molar-refractivity contribution in [2.24, 2.45) is 23.7 Å². The molecule has 2 bridgehead atoms. The third-order valence-electron chi connectivity index (χ3n) is 7.44. The molecule has 1 saturated heterocycles. The number of imide groups is 1. The Morgan fingerprint density at radius 1 is 0.848 bits per heavy atom. The van der Waals surface area contributed by atoms with E-state index in [1.54, 1.807) is 0 Å². The lowest BCUT2D eigenvalue weighted by Crippen LogP contribution is -2.49. The molecule has 2 fully saturated rings. The second kappa shape index (κ2) is 7.69. The molecule has 1 saturated carbocycles. The number of likely N-dealkylation sites (tertiary alicyclic amines) is 1. The normalized spacial score (nSPS) is 26.1. The fourth-order valence-corrected chi connectivity index (χ4v) is 5.92. The van der Waals surface area contributed by atoms with E-state index < -0.39 is 6.04 Å². The second-order valence-corrected chi connectivity index (χ2v) is 9.27. The smallest absolute Gasteiger partial charge is 0.248 e. The molecule has 3 aromatic carbocycles. The molecule has 3 aliphatic rings. The van der Waals surface area contributed by atoms with Gasteiger partial charge in [-0.3, -0.25) is 19.3 Å². The Balaban J connectivity index is 1.35. The zero-order valence-electron chi connectivity index (χ0n) is 18.1. The van der Waals surface area contributed by atoms with Gasteiger partial charge in [-0.15, -0.1) is 0 Å². The SMILES string of the molecule is O=C(Nc1cccc2ccccc12)C(Cc1ccccc1)N1C(=O)C2C3C=CC(C3)C2C1=O. The van der Waals surface area contributed by atoms with Crippen LogP contribution in [0.2, 0.25) is 0 Å². The zero-order chi connectivity index (χ0) is 22.5. The lowest BCUT2D eigenvalue weighted by molar-refractivity contribution is -0.147. The van der Waals surface area contributed by atoms with E-state index in [4.69, 9.17) is 0 Å². The minimum absolute atomic E-state index is 0.111. The van der Waals surface area contributed by atoms with Crippen molar-refractivity contribution in [3.05, 3.63) is 90.5 Å². The van der Waals surface area contributed by atoms with Gasteiger partial charge in [0.1, 0.15) is 6.04 Å². The predicted octanol–water partition coefficient (Wildman–Crippen LogP) is 4.20. The number of nitrogens with one attached hydrogen (secondary N) is 1. The van der Waals surface area contributed by atoms with Gasteiger partial charge in [0.05, 0.1) is 11.8 Å². The number of fused-ring (bicyclic) bond motifs is 6. The van der Waals surface area contributed by atoms with Crippen LogP contribution in [0.25, 0.3) is 10.8 Å². The molecule has 5 nitrogen and oxygen atoms in total. The van der Waals surface area contributed by atoms with Gasteiger partial charge in [-0.2, -0.15) is 0 Å². The average Bonchev–Trinajstić information content (AvgIpc) is 3.52. The summed E-state index contributed by atoms with van der Waals surface area (Å²) in [5.41, 5.74) is 1.59. The molecule has 5 unspecified atom stereocenters. The Labute approximate surface area is 192 Å². The van der Waals surface area contributed by atoms with Crippen LogP contribution in [0.3, 0.4) is 0 Å². The number of benzene rings is 3. The highest BCUT2D eigenvalue weighted by molar-refractivity contribution is 6.12. The topological polar surface area (TPSA) is 66.5 Å². The summed E-state index contributed by atoms with van der Waals surface area (Å²) in [7, 11) is 0. The maximum atomic E-state index is 13.7. The largest absolute Gasteiger partial charge is 0.324 e. The van der Waals surface area contributed by atoms with Crippen LogP contribution in [0.15, 0.2) is 84.9 Å². The number of amides is 3. The minimum atomic E-state index is -0.892. The van der Waals surface area contributed by atoms with Crippen molar-refractivity contribution in [3.8, 4) is 0 Å². The van der Waals surface area contributed by atoms with Gasteiger partial charge in [0.15, 0.2) is 0 Å². The lowest BCUT2D eigenvalue weighted by atomic mass is 9.85. The first kappa shape index (κ1) is 19.9. The van der Waals surface area contributed by atoms with Crippen molar-refractivity contribution in [1.82, 2.24) is 4.90 Å². The molecular formula is C28H24N2O3. The summed E-state index contributed by atoms with van der Waals surface area (Å²) < 4.78 is 0. The molecule has 1 N–H and O–H groups in total. The summed E-state index contributed by atoms with van der Waals surface area (Å²) in [6.07, 6.45) is 5.30. The van der Waals surface area contributed by atoms with Gasteiger partial charge in [0.25, 0.3) is 0 Å². The van der Waals surface area contributed by atoms with Crippen LogP contribution in [0, 0.1) is 23.7 Å². The van der Waals surface area contributed by atoms with Gasteiger partial charge in [0.2, 0.25) is 17.7 Å². The van der Waals surface area contributed by atoms with E-state index >= 15 is 0 Å². The van der Waals surface area contributed by atoms with E-state index in [1.165, 1.54) is 4.90 Å². The predicted molar refractivity (Wildman–Crippen MR) is 126 cm³/mol. The molecule has 2 aliphatic carbocycles. The minimum Gasteiger partial charge on any atom is -0.324 e. The Bertz CT molecular complexity index is 1260. The molecule has 1 aliphatic heterocycles. The number of anilines is 1. The van der Waals surface area contributed by atoms with Crippen molar-refractivity contribution >= 4 is 34.2 Å². The summed E-state index contributed by atoms with van der Waals surface area (Å²) in [5.74, 6) is -1.16. The van der Waals surface area contributed by atoms with Crippen LogP contribution in [0.1, 0.15) is 12.0 Å². The highest BCUT2D eigenvalue weighted by Crippen LogP contribution is 2.53. The molecule has 3 amide bonds. The molecule has 3 aromatic rings. The van der Waals surface area contributed by atoms with Crippen LogP contribution in [-0.2, 0) is 20.8 Å². The number of hydrogen-bond acceptors (Lipinski definition) is 3. The first-order chi connectivity index (χ1) is 16.1. The highest BCUT2D eigenvalue weighted by Gasteiger charge is 2.61. The molecule has 33 heavy (non-hydrogen) atoms. The van der Waals surface area contributed by atoms with E-state index in [9.17, 15) is 14.4 Å². The summed E-state index contributed by atoms with van der Waals surface area (Å²) in [4.78, 5) is 41.9. The van der Waals surface area contributed by atoms with Crippen molar-refractivity contribution < 1.29 is 14.4 Å². The van der Waals surface area contributed by atoms with Gasteiger partial charge in [-0.25, -0.2) is 0 Å². The molecule has 0 aromatic heterocycles. The Hall–Kier alpha value is -3.73. The maximum Gasteiger partial charge on any atom is 0.248 e. The number of hydrogen-bond donors (Lipinski definition) is 1. The highest BCUT2D eigenvalue weighted by atomic mass is 16.2. The van der Waals surface area contributed by atoms with E-state index in [0.29, 0.717) is 5.69 Å². The van der Waals surface area contributed by atoms with E-state index in [-0.39, 0.29) is 47.8 Å². The Morgan fingerprint density at radius 2 is 1.48 bits per heavy atom. The summed E-state index contributed by atoms with van der Waals surface area (Å²) in [6, 6.07) is 22.2. The zero-order valence-corrected chi connectivity index (χ0v) is 18.1. The monoisotopic (exact) mass is 436 g/mol. The van der Waals surface area contributed by atoms with Gasteiger partial charge in [-0.05, 0) is 35.3 Å². The Kier molecular flexibility index (Phi) is 4.64. The number of carbonyl (C=O) groups is 3. The summed E-state index contributed by atoms with van der Waals surface area (Å²) in [6.45, 7) is 0. The number of nitrogens with zero attached hydrogens (tertiary/aromatic N) is 1. The fourth-order valence-electron chi connectivity index (χ4n) is 5.92. The van der Waals surface area contributed by atoms with Crippen molar-refractivity contribution in [2.45, 2.75) is 18.9 Å². The van der Waals surface area contributed by atoms with Crippen LogP contribution in [0.4, 0.5) is 5.69 Å². The van der Waals surface area contributed by atoms with E-state index in [2.05, 4.69) is 17.5 Å². The van der Waals surface area contributed by atoms with Gasteiger partial charge < -0.3 is 5.32 Å². The standard InChI is InChI=1S/C28H24N2O3/c31-26(29-22-12-6-10-18-9-4-5-11-21(18)22)23(15-17-7-2-1-3-8-17)30-27(32)24-19-13-14-20(16-19)25(24)28(30)33/h1-14,19-20,23-25H,15-16H2,(H,29,31). The number of carbonyl (C=O) groups excluding carboxylic acids is 3. The first-order valence-corrected chi connectivity index (χ1v) is 11.5. The van der Waals surface area contributed by atoms with Crippen molar-refractivity contribution in [3.63, 3.8) is 0 Å². The van der Waals surface area contributed by atoms with Gasteiger partial charge >= 0.3 is 0 Å². The quantitative estimate of drug-likeness (QED) is 0.482. The van der Waals surface area contributed by atoms with Crippen LogP contribution >= 0.6 is 0 Å². The third-order valence-corrected chi connectivity index (χ3v) is 7.44. The third kappa shape index (κ3) is 3.18. The van der Waals surface area contributed by atoms with Crippen LogP contribution in [0.5, 0.6) is 0 Å². The average molecular weight is 437 g/mol. The second-order valence-electron chi connectivity index (χ2n) is 9.27. The first-order valence-electron chi connectivity index (χ1n) is 11.5. The number of rotatable bonds is 5. The van der Waals surface area contributed by atoms with Crippen LogP contribution in [-0.4, -0.2) is 28.7 Å². The lowest BCUT2D eigenvalue weighted by Gasteiger charge is -2.27. The molecular weight excluding hydrogens is 412 g/mol. The summed E-state index contributed by atoms with van der Waals surface area (Å²) >= 11 is 0. The number of allylic oxidation sites excluding steroid dienone is 2. The van der Waals surface area contributed by atoms with Gasteiger partial charge in [-0.1, -0.05) is 78.9 Å². The maximum absolute atomic E-state index is 13.7.